The smallest absolute Gasteiger partial charge is 0.409 e. The standard InChI is InChI=1S/C23H17Cl2N3O3S2/c1-31-23(30)28-9-8-13-18(11-28)33-22(27-20(29)14-10-12(24)6-7-15(14)25)19(13)21-26-16-4-2-3-5-17(16)32-21/h2-7,10H,8-9,11H2,1H3,(H,27,29). The van der Waals surface area contributed by atoms with Gasteiger partial charge in [0.25, 0.3) is 5.91 Å². The SMILES string of the molecule is COC(=O)N1CCc2c(sc(NC(=O)c3cc(Cl)ccc3Cl)c2-c2nc3ccccc3s2)C1. The van der Waals surface area contributed by atoms with E-state index in [2.05, 4.69) is 5.32 Å². The number of carbonyl (C=O) groups excluding carboxylic acids is 2. The van der Waals surface area contributed by atoms with Crippen molar-refractivity contribution in [2.24, 2.45) is 0 Å². The maximum Gasteiger partial charge on any atom is 0.409 e. The van der Waals surface area contributed by atoms with E-state index in [-0.39, 0.29) is 12.0 Å². The zero-order chi connectivity index (χ0) is 23.1. The van der Waals surface area contributed by atoms with Gasteiger partial charge in [0, 0.05) is 22.0 Å². The number of anilines is 1. The van der Waals surface area contributed by atoms with Crippen LogP contribution in [0.5, 0.6) is 0 Å². The van der Waals surface area contributed by atoms with E-state index in [4.69, 9.17) is 32.9 Å². The summed E-state index contributed by atoms with van der Waals surface area (Å²) < 4.78 is 5.96. The molecule has 33 heavy (non-hydrogen) atoms. The molecule has 0 atom stereocenters. The lowest BCUT2D eigenvalue weighted by Gasteiger charge is -2.25. The van der Waals surface area contributed by atoms with Crippen LogP contribution < -0.4 is 5.32 Å². The largest absolute Gasteiger partial charge is 0.453 e. The summed E-state index contributed by atoms with van der Waals surface area (Å²) in [5, 5.41) is 5.26. The van der Waals surface area contributed by atoms with Crippen molar-refractivity contribution in [3.63, 3.8) is 0 Å². The molecular weight excluding hydrogens is 501 g/mol. The van der Waals surface area contributed by atoms with Gasteiger partial charge in [-0.15, -0.1) is 22.7 Å². The van der Waals surface area contributed by atoms with E-state index in [9.17, 15) is 9.59 Å². The van der Waals surface area contributed by atoms with Gasteiger partial charge in [0.1, 0.15) is 10.0 Å². The normalized spacial score (nSPS) is 13.1. The number of carbonyl (C=O) groups is 2. The predicted octanol–water partition coefficient (Wildman–Crippen LogP) is 6.71. The summed E-state index contributed by atoms with van der Waals surface area (Å²) in [6.45, 7) is 0.945. The summed E-state index contributed by atoms with van der Waals surface area (Å²) in [6.07, 6.45) is 0.270. The molecule has 0 fully saturated rings. The third-order valence-electron chi connectivity index (χ3n) is 5.40. The molecular formula is C23H17Cl2N3O3S2. The quantitative estimate of drug-likeness (QED) is 0.327. The van der Waals surface area contributed by atoms with Crippen molar-refractivity contribution < 1.29 is 14.3 Å². The minimum atomic E-state index is -0.369. The molecule has 0 bridgehead atoms. The second-order valence-corrected chi connectivity index (χ2v) is 10.4. The number of amides is 2. The van der Waals surface area contributed by atoms with Gasteiger partial charge in [-0.05, 0) is 42.3 Å². The number of nitrogens with zero attached hydrogens (tertiary/aromatic N) is 2. The molecule has 0 radical (unpaired) electrons. The number of para-hydroxylation sites is 1. The van der Waals surface area contributed by atoms with Gasteiger partial charge < -0.3 is 15.0 Å². The molecule has 1 N–H and O–H groups in total. The summed E-state index contributed by atoms with van der Waals surface area (Å²) in [6, 6.07) is 12.7. The number of benzene rings is 2. The molecule has 2 aromatic heterocycles. The highest BCUT2D eigenvalue weighted by Gasteiger charge is 2.30. The predicted molar refractivity (Wildman–Crippen MR) is 134 cm³/mol. The van der Waals surface area contributed by atoms with Crippen molar-refractivity contribution in [3.8, 4) is 10.6 Å². The van der Waals surface area contributed by atoms with E-state index in [0.29, 0.717) is 40.1 Å². The van der Waals surface area contributed by atoms with E-state index in [1.54, 1.807) is 34.4 Å². The summed E-state index contributed by atoms with van der Waals surface area (Å²) >= 11 is 15.4. The van der Waals surface area contributed by atoms with Gasteiger partial charge in [0.05, 0.1) is 34.5 Å². The van der Waals surface area contributed by atoms with Crippen LogP contribution in [-0.4, -0.2) is 35.5 Å². The highest BCUT2D eigenvalue weighted by molar-refractivity contribution is 7.23. The van der Waals surface area contributed by atoms with Crippen molar-refractivity contribution >= 4 is 73.1 Å². The van der Waals surface area contributed by atoms with Gasteiger partial charge in [0.15, 0.2) is 0 Å². The molecule has 2 aromatic carbocycles. The van der Waals surface area contributed by atoms with Crippen LogP contribution >= 0.6 is 45.9 Å². The molecule has 4 aromatic rings. The number of nitrogens with one attached hydrogen (secondary N) is 1. The fourth-order valence-corrected chi connectivity index (χ4v) is 6.57. The van der Waals surface area contributed by atoms with Crippen molar-refractivity contribution in [3.05, 3.63) is 68.5 Å². The van der Waals surface area contributed by atoms with Crippen molar-refractivity contribution in [1.29, 1.82) is 0 Å². The Hall–Kier alpha value is -2.65. The number of rotatable bonds is 3. The monoisotopic (exact) mass is 517 g/mol. The minimum Gasteiger partial charge on any atom is -0.453 e. The van der Waals surface area contributed by atoms with Crippen LogP contribution in [0.15, 0.2) is 42.5 Å². The van der Waals surface area contributed by atoms with Crippen molar-refractivity contribution in [2.45, 2.75) is 13.0 Å². The Labute approximate surface area is 207 Å². The third kappa shape index (κ3) is 4.19. The lowest BCUT2D eigenvalue weighted by molar-refractivity contribution is 0.102. The van der Waals surface area contributed by atoms with E-state index in [0.717, 1.165) is 31.2 Å². The van der Waals surface area contributed by atoms with Gasteiger partial charge in [-0.25, -0.2) is 9.78 Å². The number of hydrogen-bond acceptors (Lipinski definition) is 6. The zero-order valence-corrected chi connectivity index (χ0v) is 20.5. The number of fused-ring (bicyclic) bond motifs is 2. The Kier molecular flexibility index (Phi) is 6.01. The third-order valence-corrected chi connectivity index (χ3v) is 8.15. The number of hydrogen-bond donors (Lipinski definition) is 1. The molecule has 0 saturated heterocycles. The number of halogens is 2. The van der Waals surface area contributed by atoms with Crippen LogP contribution in [-0.2, 0) is 17.7 Å². The number of methoxy groups -OCH3 is 1. The Morgan fingerprint density at radius 1 is 1.15 bits per heavy atom. The second kappa shape index (κ2) is 8.95. The Morgan fingerprint density at radius 3 is 2.76 bits per heavy atom. The lowest BCUT2D eigenvalue weighted by Crippen LogP contribution is -2.35. The first-order valence-corrected chi connectivity index (χ1v) is 12.4. The second-order valence-electron chi connectivity index (χ2n) is 7.41. The molecule has 0 spiro atoms. The topological polar surface area (TPSA) is 71.5 Å². The minimum absolute atomic E-state index is 0.293. The molecule has 5 rings (SSSR count). The van der Waals surface area contributed by atoms with Crippen LogP contribution in [0, 0.1) is 0 Å². The molecule has 1 aliphatic rings. The molecule has 2 amide bonds. The number of ether oxygens (including phenoxy) is 1. The number of thiophene rings is 1. The van der Waals surface area contributed by atoms with Gasteiger partial charge >= 0.3 is 6.09 Å². The maximum absolute atomic E-state index is 13.1. The van der Waals surface area contributed by atoms with E-state index in [1.165, 1.54) is 18.4 Å². The number of thiazole rings is 1. The molecule has 3 heterocycles. The zero-order valence-electron chi connectivity index (χ0n) is 17.4. The van der Waals surface area contributed by atoms with Crippen LogP contribution in [0.3, 0.4) is 0 Å². The van der Waals surface area contributed by atoms with Crippen molar-refractivity contribution in [2.75, 3.05) is 19.0 Å². The van der Waals surface area contributed by atoms with E-state index >= 15 is 0 Å². The summed E-state index contributed by atoms with van der Waals surface area (Å²) in [4.78, 5) is 32.7. The van der Waals surface area contributed by atoms with Crippen LogP contribution in [0.2, 0.25) is 10.0 Å². The fraction of sp³-hybridized carbons (Fsp3) is 0.174. The molecule has 0 saturated carbocycles. The van der Waals surface area contributed by atoms with Gasteiger partial charge in [-0.3, -0.25) is 4.79 Å². The Bertz CT molecular complexity index is 1370. The van der Waals surface area contributed by atoms with Crippen molar-refractivity contribution in [1.82, 2.24) is 9.88 Å². The summed E-state index contributed by atoms with van der Waals surface area (Å²) in [7, 11) is 1.37. The highest BCUT2D eigenvalue weighted by atomic mass is 35.5. The first kappa shape index (κ1) is 22.2. The Morgan fingerprint density at radius 2 is 1.97 bits per heavy atom. The average Bonchev–Trinajstić information content (AvgIpc) is 3.39. The first-order valence-electron chi connectivity index (χ1n) is 10.0. The molecule has 6 nitrogen and oxygen atoms in total. The highest BCUT2D eigenvalue weighted by Crippen LogP contribution is 2.46. The lowest BCUT2D eigenvalue weighted by atomic mass is 10.0. The van der Waals surface area contributed by atoms with Crippen LogP contribution in [0.1, 0.15) is 20.8 Å². The average molecular weight is 518 g/mol. The van der Waals surface area contributed by atoms with Crippen LogP contribution in [0.4, 0.5) is 9.80 Å². The number of aromatic nitrogens is 1. The van der Waals surface area contributed by atoms with E-state index in [1.807, 2.05) is 24.3 Å². The Balaban J connectivity index is 1.59. The molecule has 168 valence electrons. The molecule has 0 unspecified atom stereocenters. The molecule has 10 heteroatoms. The van der Waals surface area contributed by atoms with E-state index < -0.39 is 0 Å². The van der Waals surface area contributed by atoms with Gasteiger partial charge in [0.2, 0.25) is 0 Å². The maximum atomic E-state index is 13.1. The van der Waals surface area contributed by atoms with Gasteiger partial charge in [-0.1, -0.05) is 35.3 Å². The first-order chi connectivity index (χ1) is 15.9. The van der Waals surface area contributed by atoms with Gasteiger partial charge in [-0.2, -0.15) is 0 Å². The fourth-order valence-electron chi connectivity index (χ4n) is 3.82. The van der Waals surface area contributed by atoms with Crippen LogP contribution in [0.25, 0.3) is 20.8 Å². The summed E-state index contributed by atoms with van der Waals surface area (Å²) in [5.74, 6) is -0.353. The molecule has 0 aliphatic carbocycles. The molecule has 1 aliphatic heterocycles. The summed E-state index contributed by atoms with van der Waals surface area (Å²) in [5.41, 5.74) is 3.18.